The zero-order valence-corrected chi connectivity index (χ0v) is 15.0. The van der Waals surface area contributed by atoms with Gasteiger partial charge in [-0.25, -0.2) is 9.37 Å². The van der Waals surface area contributed by atoms with E-state index in [-0.39, 0.29) is 0 Å². The summed E-state index contributed by atoms with van der Waals surface area (Å²) in [6, 6.07) is 12.3. The molecule has 0 amide bonds. The molecule has 27 heavy (non-hydrogen) atoms. The van der Waals surface area contributed by atoms with Crippen LogP contribution in [0.2, 0.25) is 0 Å². The van der Waals surface area contributed by atoms with E-state index in [4.69, 9.17) is 4.98 Å². The quantitative estimate of drug-likeness (QED) is 0.729. The van der Waals surface area contributed by atoms with Crippen LogP contribution in [0.4, 0.5) is 4.39 Å². The summed E-state index contributed by atoms with van der Waals surface area (Å²) in [6.45, 7) is 0.297. The predicted molar refractivity (Wildman–Crippen MR) is 101 cm³/mol. The fraction of sp³-hybridized carbons (Fsp3) is 0.364. The summed E-state index contributed by atoms with van der Waals surface area (Å²) in [5, 5.41) is 10.4. The van der Waals surface area contributed by atoms with Crippen molar-refractivity contribution < 1.29 is 14.3 Å². The molecule has 1 aliphatic heterocycles. The van der Waals surface area contributed by atoms with E-state index in [2.05, 4.69) is 0 Å². The highest BCUT2D eigenvalue weighted by Crippen LogP contribution is 2.47. The van der Waals surface area contributed by atoms with E-state index in [9.17, 15) is 14.3 Å². The standard InChI is InChI=1S/C22H21FN2O2/c23-15-9-10-16-17(11-15)22(21(26)27,12-14-5-1-2-6-14)13-25-19-8-4-3-7-18(19)24-20(16)25/h3-4,7-11,14H,1-2,5-6,12-13H2,(H,26,27). The second-order valence-corrected chi connectivity index (χ2v) is 7.94. The van der Waals surface area contributed by atoms with Gasteiger partial charge in [-0.1, -0.05) is 37.8 Å². The molecule has 138 valence electrons. The molecule has 1 aromatic heterocycles. The van der Waals surface area contributed by atoms with Crippen LogP contribution in [0, 0.1) is 11.7 Å². The summed E-state index contributed by atoms with van der Waals surface area (Å²) < 4.78 is 16.2. The van der Waals surface area contributed by atoms with E-state index in [1.165, 1.54) is 12.1 Å². The highest BCUT2D eigenvalue weighted by molar-refractivity contribution is 5.89. The van der Waals surface area contributed by atoms with Crippen molar-refractivity contribution >= 4 is 17.0 Å². The van der Waals surface area contributed by atoms with Crippen LogP contribution in [-0.4, -0.2) is 20.6 Å². The number of hydrogen-bond donors (Lipinski definition) is 1. The van der Waals surface area contributed by atoms with Gasteiger partial charge in [0.15, 0.2) is 0 Å². The van der Waals surface area contributed by atoms with Crippen LogP contribution in [0.25, 0.3) is 22.4 Å². The first-order valence-corrected chi connectivity index (χ1v) is 9.57. The Morgan fingerprint density at radius 1 is 1.22 bits per heavy atom. The maximum absolute atomic E-state index is 14.2. The Labute approximate surface area is 156 Å². The minimum atomic E-state index is -1.12. The number of rotatable bonds is 3. The van der Waals surface area contributed by atoms with Gasteiger partial charge in [-0.3, -0.25) is 4.79 Å². The molecular weight excluding hydrogens is 343 g/mol. The number of halogens is 1. The van der Waals surface area contributed by atoms with Gasteiger partial charge < -0.3 is 9.67 Å². The van der Waals surface area contributed by atoms with Crippen LogP contribution in [0.15, 0.2) is 42.5 Å². The predicted octanol–water partition coefficient (Wildman–Crippen LogP) is 4.76. The van der Waals surface area contributed by atoms with Crippen molar-refractivity contribution in [3.05, 3.63) is 53.8 Å². The van der Waals surface area contributed by atoms with Gasteiger partial charge in [-0.05, 0) is 48.2 Å². The van der Waals surface area contributed by atoms with Crippen molar-refractivity contribution in [1.82, 2.24) is 9.55 Å². The fourth-order valence-electron chi connectivity index (χ4n) is 5.06. The molecule has 1 saturated carbocycles. The molecule has 1 atom stereocenters. The highest BCUT2D eigenvalue weighted by atomic mass is 19.1. The number of benzene rings is 2. The normalized spacial score (nSPS) is 22.0. The maximum atomic E-state index is 14.2. The Morgan fingerprint density at radius 2 is 2.00 bits per heavy atom. The monoisotopic (exact) mass is 364 g/mol. The molecule has 0 bridgehead atoms. The van der Waals surface area contributed by atoms with E-state index in [0.717, 1.165) is 48.1 Å². The Morgan fingerprint density at radius 3 is 2.78 bits per heavy atom. The average molecular weight is 364 g/mol. The number of carbonyl (C=O) groups is 1. The Balaban J connectivity index is 1.77. The molecule has 2 aliphatic rings. The van der Waals surface area contributed by atoms with Crippen LogP contribution >= 0.6 is 0 Å². The molecule has 5 heteroatoms. The van der Waals surface area contributed by atoms with Crippen LogP contribution in [0.3, 0.4) is 0 Å². The van der Waals surface area contributed by atoms with Gasteiger partial charge in [0.25, 0.3) is 0 Å². The van der Waals surface area contributed by atoms with E-state index >= 15 is 0 Å². The molecule has 1 fully saturated rings. The number of aliphatic carboxylic acids is 1. The number of carboxylic acid groups (broad SMARTS) is 1. The van der Waals surface area contributed by atoms with Crippen LogP contribution in [-0.2, 0) is 16.8 Å². The van der Waals surface area contributed by atoms with Crippen molar-refractivity contribution in [2.45, 2.75) is 44.1 Å². The SMILES string of the molecule is O=C(O)C1(CC2CCCC2)Cn2c(nc3ccccc32)-c2ccc(F)cc21. The van der Waals surface area contributed by atoms with Gasteiger partial charge in [0.05, 0.1) is 11.0 Å². The first-order chi connectivity index (χ1) is 13.1. The number of nitrogens with zero attached hydrogens (tertiary/aromatic N) is 2. The van der Waals surface area contributed by atoms with E-state index in [1.807, 2.05) is 28.8 Å². The van der Waals surface area contributed by atoms with Crippen LogP contribution in [0.5, 0.6) is 0 Å². The smallest absolute Gasteiger partial charge is 0.316 e. The third kappa shape index (κ3) is 2.41. The van der Waals surface area contributed by atoms with Crippen LogP contribution < -0.4 is 0 Å². The average Bonchev–Trinajstić information content (AvgIpc) is 3.29. The van der Waals surface area contributed by atoms with Crippen molar-refractivity contribution in [2.75, 3.05) is 0 Å². The highest BCUT2D eigenvalue weighted by Gasteiger charge is 2.48. The lowest BCUT2D eigenvalue weighted by atomic mass is 9.70. The third-order valence-electron chi connectivity index (χ3n) is 6.34. The van der Waals surface area contributed by atoms with Gasteiger partial charge in [0.2, 0.25) is 0 Å². The van der Waals surface area contributed by atoms with Crippen molar-refractivity contribution in [1.29, 1.82) is 0 Å². The largest absolute Gasteiger partial charge is 0.481 e. The molecule has 0 spiro atoms. The zero-order valence-electron chi connectivity index (χ0n) is 15.0. The van der Waals surface area contributed by atoms with Crippen molar-refractivity contribution in [3.8, 4) is 11.4 Å². The summed E-state index contributed by atoms with van der Waals surface area (Å²) in [5.74, 6) is -0.164. The van der Waals surface area contributed by atoms with E-state index in [0.29, 0.717) is 24.4 Å². The minimum Gasteiger partial charge on any atom is -0.481 e. The van der Waals surface area contributed by atoms with Gasteiger partial charge in [-0.15, -0.1) is 0 Å². The van der Waals surface area contributed by atoms with Gasteiger partial charge in [0.1, 0.15) is 17.1 Å². The summed E-state index contributed by atoms with van der Waals surface area (Å²) in [6.07, 6.45) is 4.95. The molecule has 0 radical (unpaired) electrons. The number of fused-ring (bicyclic) bond motifs is 5. The molecule has 4 nitrogen and oxygen atoms in total. The fourth-order valence-corrected chi connectivity index (χ4v) is 5.06. The molecule has 5 rings (SSSR count). The summed E-state index contributed by atoms with van der Waals surface area (Å²) in [4.78, 5) is 17.4. The molecule has 2 aromatic carbocycles. The Hall–Kier alpha value is -2.69. The minimum absolute atomic E-state index is 0.297. The lowest BCUT2D eigenvalue weighted by Gasteiger charge is -2.38. The lowest BCUT2D eigenvalue weighted by Crippen LogP contribution is -2.44. The molecule has 1 unspecified atom stereocenters. The topological polar surface area (TPSA) is 55.1 Å². The lowest BCUT2D eigenvalue weighted by molar-refractivity contribution is -0.145. The maximum Gasteiger partial charge on any atom is 0.316 e. The number of carboxylic acids is 1. The van der Waals surface area contributed by atoms with Gasteiger partial charge in [-0.2, -0.15) is 0 Å². The molecule has 1 N–H and O–H groups in total. The van der Waals surface area contributed by atoms with Crippen molar-refractivity contribution in [3.63, 3.8) is 0 Å². The molecule has 0 saturated heterocycles. The summed E-state index contributed by atoms with van der Waals surface area (Å²) in [5.41, 5.74) is 1.96. The van der Waals surface area contributed by atoms with Gasteiger partial charge in [0, 0.05) is 12.1 Å². The number of hydrogen-bond acceptors (Lipinski definition) is 2. The first kappa shape index (κ1) is 16.5. The Kier molecular flexibility index (Phi) is 3.61. The zero-order chi connectivity index (χ0) is 18.6. The number of para-hydroxylation sites is 2. The first-order valence-electron chi connectivity index (χ1n) is 9.57. The van der Waals surface area contributed by atoms with Gasteiger partial charge >= 0.3 is 5.97 Å². The van der Waals surface area contributed by atoms with Crippen molar-refractivity contribution in [2.24, 2.45) is 5.92 Å². The molecule has 2 heterocycles. The number of imidazole rings is 1. The van der Waals surface area contributed by atoms with E-state index in [1.54, 1.807) is 6.07 Å². The molecule has 1 aliphatic carbocycles. The van der Waals surface area contributed by atoms with Crippen LogP contribution in [0.1, 0.15) is 37.7 Å². The second kappa shape index (κ2) is 5.91. The number of aromatic nitrogens is 2. The molecular formula is C22H21FN2O2. The van der Waals surface area contributed by atoms with E-state index < -0.39 is 17.2 Å². The second-order valence-electron chi connectivity index (χ2n) is 7.94. The summed E-state index contributed by atoms with van der Waals surface area (Å²) >= 11 is 0. The Bertz CT molecular complexity index is 1050. The third-order valence-corrected chi connectivity index (χ3v) is 6.34. The summed E-state index contributed by atoms with van der Waals surface area (Å²) in [7, 11) is 0. The molecule has 3 aromatic rings.